The van der Waals surface area contributed by atoms with E-state index < -0.39 is 0 Å². The fourth-order valence-corrected chi connectivity index (χ4v) is 3.82. The number of hydrogen-bond donors (Lipinski definition) is 0. The number of halogens is 2. The zero-order chi connectivity index (χ0) is 14.2. The Balaban J connectivity index is 2.64. The van der Waals surface area contributed by atoms with Crippen LogP contribution in [-0.4, -0.2) is 12.9 Å². The molecule has 2 nitrogen and oxygen atoms in total. The number of hydrogen-bond acceptors (Lipinski definition) is 3. The van der Waals surface area contributed by atoms with Gasteiger partial charge in [0.05, 0.1) is 21.3 Å². The van der Waals surface area contributed by atoms with E-state index >= 15 is 0 Å². The van der Waals surface area contributed by atoms with Gasteiger partial charge in [-0.05, 0) is 59.1 Å². The van der Waals surface area contributed by atoms with Gasteiger partial charge in [-0.15, -0.1) is 11.3 Å². The Morgan fingerprint density at radius 1 is 1.26 bits per heavy atom. The van der Waals surface area contributed by atoms with Crippen molar-refractivity contribution in [2.24, 2.45) is 0 Å². The summed E-state index contributed by atoms with van der Waals surface area (Å²) in [6.45, 7) is 3.85. The van der Waals surface area contributed by atoms with Crippen molar-refractivity contribution in [3.63, 3.8) is 0 Å². The molecule has 0 spiro atoms. The van der Waals surface area contributed by atoms with Crippen molar-refractivity contribution in [3.05, 3.63) is 48.0 Å². The Hall–Kier alpha value is -0.650. The number of ether oxygens (including phenoxy) is 1. The summed E-state index contributed by atoms with van der Waals surface area (Å²) in [5, 5.41) is 0. The molecule has 1 aromatic carbocycles. The van der Waals surface area contributed by atoms with Gasteiger partial charge >= 0.3 is 0 Å². The minimum absolute atomic E-state index is 0.00514. The van der Waals surface area contributed by atoms with Gasteiger partial charge in [0, 0.05) is 4.47 Å². The van der Waals surface area contributed by atoms with Crippen molar-refractivity contribution in [1.82, 2.24) is 0 Å². The van der Waals surface area contributed by atoms with Crippen molar-refractivity contribution < 1.29 is 9.53 Å². The van der Waals surface area contributed by atoms with Crippen molar-refractivity contribution in [3.8, 4) is 5.75 Å². The minimum atomic E-state index is -0.00514. The quantitative estimate of drug-likeness (QED) is 0.664. The predicted octanol–water partition coefficient (Wildman–Crippen LogP) is 5.13. The smallest absolute Gasteiger partial charge is 0.207 e. The molecule has 0 saturated heterocycles. The summed E-state index contributed by atoms with van der Waals surface area (Å²) < 4.78 is 7.28. The van der Waals surface area contributed by atoms with E-state index in [0.717, 1.165) is 19.4 Å². The van der Waals surface area contributed by atoms with Crippen LogP contribution >= 0.6 is 43.2 Å². The van der Waals surface area contributed by atoms with E-state index in [1.165, 1.54) is 11.3 Å². The van der Waals surface area contributed by atoms with Crippen LogP contribution in [0.15, 0.2) is 26.5 Å². The van der Waals surface area contributed by atoms with E-state index in [4.69, 9.17) is 4.74 Å². The molecule has 5 heteroatoms. The van der Waals surface area contributed by atoms with Crippen LogP contribution in [0.5, 0.6) is 5.75 Å². The van der Waals surface area contributed by atoms with Gasteiger partial charge in [-0.1, -0.05) is 15.9 Å². The first-order chi connectivity index (χ1) is 8.95. The van der Waals surface area contributed by atoms with Crippen LogP contribution in [0.3, 0.4) is 0 Å². The standard InChI is InChI=1S/C14H12Br2O2S/c1-7-6-9(15)8(2)12(14(7)18-3)13(17)10-4-5-11(16)19-10/h4-6H,1-3H3. The number of benzene rings is 1. The van der Waals surface area contributed by atoms with Crippen molar-refractivity contribution >= 4 is 49.0 Å². The number of carbonyl (C=O) groups is 1. The zero-order valence-corrected chi connectivity index (χ0v) is 14.7. The molecular formula is C14H12Br2O2S. The van der Waals surface area contributed by atoms with Gasteiger partial charge < -0.3 is 4.74 Å². The van der Waals surface area contributed by atoms with Crippen LogP contribution in [0.2, 0.25) is 0 Å². The number of ketones is 1. The fourth-order valence-electron chi connectivity index (χ4n) is 1.95. The molecule has 1 aromatic heterocycles. The Labute approximate surface area is 133 Å². The molecule has 0 atom stereocenters. The van der Waals surface area contributed by atoms with Crippen molar-refractivity contribution in [2.45, 2.75) is 13.8 Å². The molecular weight excluding hydrogens is 392 g/mol. The minimum Gasteiger partial charge on any atom is -0.496 e. The summed E-state index contributed by atoms with van der Waals surface area (Å²) in [4.78, 5) is 13.4. The van der Waals surface area contributed by atoms with Crippen molar-refractivity contribution in [2.75, 3.05) is 7.11 Å². The summed E-state index contributed by atoms with van der Waals surface area (Å²) in [7, 11) is 1.59. The zero-order valence-electron chi connectivity index (χ0n) is 10.7. The predicted molar refractivity (Wildman–Crippen MR) is 85.6 cm³/mol. The first kappa shape index (κ1) is 14.8. The number of rotatable bonds is 3. The summed E-state index contributed by atoms with van der Waals surface area (Å²) in [6.07, 6.45) is 0. The maximum Gasteiger partial charge on any atom is 0.207 e. The maximum atomic E-state index is 12.7. The van der Waals surface area contributed by atoms with E-state index in [0.29, 0.717) is 16.2 Å². The summed E-state index contributed by atoms with van der Waals surface area (Å²) in [6, 6.07) is 5.67. The molecule has 0 aliphatic heterocycles. The molecule has 2 rings (SSSR count). The number of carbonyl (C=O) groups excluding carboxylic acids is 1. The molecule has 0 amide bonds. The van der Waals surface area contributed by atoms with Gasteiger partial charge in [-0.3, -0.25) is 4.79 Å². The van der Waals surface area contributed by atoms with E-state index in [9.17, 15) is 4.79 Å². The second-order valence-electron chi connectivity index (χ2n) is 4.14. The SMILES string of the molecule is COc1c(C)cc(Br)c(C)c1C(=O)c1ccc(Br)s1. The number of aryl methyl sites for hydroxylation is 1. The largest absolute Gasteiger partial charge is 0.496 e. The third-order valence-corrected chi connectivity index (χ3v) is 5.34. The van der Waals surface area contributed by atoms with Gasteiger partial charge in [-0.25, -0.2) is 0 Å². The van der Waals surface area contributed by atoms with Crippen LogP contribution in [0, 0.1) is 13.8 Å². The highest BCUT2D eigenvalue weighted by Crippen LogP contribution is 2.35. The molecule has 100 valence electrons. The molecule has 0 fully saturated rings. The first-order valence-corrected chi connectivity index (χ1v) is 7.99. The second kappa shape index (κ2) is 5.77. The van der Waals surface area contributed by atoms with E-state index in [-0.39, 0.29) is 5.78 Å². The highest BCUT2D eigenvalue weighted by molar-refractivity contribution is 9.11. The third kappa shape index (κ3) is 2.78. The third-order valence-electron chi connectivity index (χ3n) is 2.89. The first-order valence-electron chi connectivity index (χ1n) is 5.59. The Morgan fingerprint density at radius 3 is 2.47 bits per heavy atom. The molecule has 0 radical (unpaired) electrons. The van der Waals surface area contributed by atoms with Gasteiger partial charge in [0.1, 0.15) is 5.75 Å². The van der Waals surface area contributed by atoms with Gasteiger partial charge in [0.25, 0.3) is 0 Å². The van der Waals surface area contributed by atoms with E-state index in [1.807, 2.05) is 32.0 Å². The van der Waals surface area contributed by atoms with E-state index in [1.54, 1.807) is 7.11 Å². The summed E-state index contributed by atoms with van der Waals surface area (Å²) in [5.74, 6) is 0.643. The molecule has 0 aliphatic carbocycles. The van der Waals surface area contributed by atoms with Gasteiger partial charge in [0.15, 0.2) is 0 Å². The number of thiophene rings is 1. The lowest BCUT2D eigenvalue weighted by molar-refractivity contribution is 0.103. The van der Waals surface area contributed by atoms with Crippen LogP contribution in [0.1, 0.15) is 26.4 Å². The van der Waals surface area contributed by atoms with Crippen LogP contribution < -0.4 is 4.74 Å². The summed E-state index contributed by atoms with van der Waals surface area (Å²) >= 11 is 8.30. The maximum absolute atomic E-state index is 12.7. The molecule has 0 bridgehead atoms. The highest BCUT2D eigenvalue weighted by Gasteiger charge is 2.22. The van der Waals surface area contributed by atoms with Crippen LogP contribution in [0.4, 0.5) is 0 Å². The molecule has 0 unspecified atom stereocenters. The lowest BCUT2D eigenvalue weighted by Gasteiger charge is -2.14. The average Bonchev–Trinajstić information content (AvgIpc) is 2.79. The van der Waals surface area contributed by atoms with Gasteiger partial charge in [0.2, 0.25) is 5.78 Å². The average molecular weight is 404 g/mol. The number of methoxy groups -OCH3 is 1. The monoisotopic (exact) mass is 402 g/mol. The topological polar surface area (TPSA) is 26.3 Å². The Bertz CT molecular complexity index is 647. The lowest BCUT2D eigenvalue weighted by Crippen LogP contribution is -2.07. The lowest BCUT2D eigenvalue weighted by atomic mass is 9.99. The molecule has 19 heavy (non-hydrogen) atoms. The molecule has 0 N–H and O–H groups in total. The van der Waals surface area contributed by atoms with Crippen LogP contribution in [0.25, 0.3) is 0 Å². The fraction of sp³-hybridized carbons (Fsp3) is 0.214. The van der Waals surface area contributed by atoms with Crippen LogP contribution in [-0.2, 0) is 0 Å². The molecule has 2 aromatic rings. The normalized spacial score (nSPS) is 10.6. The second-order valence-corrected chi connectivity index (χ2v) is 7.46. The van der Waals surface area contributed by atoms with E-state index in [2.05, 4.69) is 31.9 Å². The Kier molecular flexibility index (Phi) is 4.48. The Morgan fingerprint density at radius 2 is 1.95 bits per heavy atom. The molecule has 0 aliphatic rings. The van der Waals surface area contributed by atoms with Crippen molar-refractivity contribution in [1.29, 1.82) is 0 Å². The van der Waals surface area contributed by atoms with Gasteiger partial charge in [-0.2, -0.15) is 0 Å². The molecule has 1 heterocycles. The summed E-state index contributed by atoms with van der Waals surface area (Å²) in [5.41, 5.74) is 2.47. The molecule has 0 saturated carbocycles. The highest BCUT2D eigenvalue weighted by atomic mass is 79.9.